The van der Waals surface area contributed by atoms with Crippen LogP contribution in [-0.2, 0) is 0 Å². The summed E-state index contributed by atoms with van der Waals surface area (Å²) >= 11 is 1.42. The van der Waals surface area contributed by atoms with E-state index in [0.717, 1.165) is 24.3 Å². The number of thiophene rings is 1. The van der Waals surface area contributed by atoms with Gasteiger partial charge in [-0.3, -0.25) is 9.78 Å². The van der Waals surface area contributed by atoms with Crippen LogP contribution in [0.2, 0.25) is 0 Å². The topological polar surface area (TPSA) is 78.4 Å². The molecule has 1 aliphatic rings. The van der Waals surface area contributed by atoms with E-state index in [-0.39, 0.29) is 12.5 Å². The van der Waals surface area contributed by atoms with Crippen LogP contribution in [0.15, 0.2) is 30.0 Å². The number of rotatable bonds is 4. The number of aliphatic hydroxyl groups is 1. The van der Waals surface area contributed by atoms with E-state index >= 15 is 0 Å². The molecule has 0 aromatic carbocycles. The Morgan fingerprint density at radius 1 is 1.52 bits per heavy atom. The van der Waals surface area contributed by atoms with Gasteiger partial charge in [0.05, 0.1) is 16.7 Å². The molecule has 1 atom stereocenters. The van der Waals surface area contributed by atoms with Crippen molar-refractivity contribution in [1.82, 2.24) is 15.3 Å². The van der Waals surface area contributed by atoms with Crippen LogP contribution < -0.4 is 10.2 Å². The molecule has 0 bridgehead atoms. The first kappa shape index (κ1) is 15.9. The molecule has 1 amide bonds. The van der Waals surface area contributed by atoms with E-state index in [0.29, 0.717) is 17.8 Å². The van der Waals surface area contributed by atoms with Crippen LogP contribution in [0.3, 0.4) is 0 Å². The van der Waals surface area contributed by atoms with Crippen LogP contribution >= 0.6 is 11.3 Å². The molecule has 1 aliphatic heterocycles. The van der Waals surface area contributed by atoms with E-state index in [9.17, 15) is 9.90 Å². The van der Waals surface area contributed by atoms with Crippen LogP contribution in [0.1, 0.15) is 28.1 Å². The fraction of sp³-hybridized carbons (Fsp3) is 0.438. The lowest BCUT2D eigenvalue weighted by Gasteiger charge is -2.39. The number of hydrogen-bond donors (Lipinski definition) is 2. The summed E-state index contributed by atoms with van der Waals surface area (Å²) in [4.78, 5) is 23.2. The Morgan fingerprint density at radius 2 is 2.39 bits per heavy atom. The standard InChI is InChI=1S/C16H20N4O2S/c1-12-7-13(23-9-12)15(21)19-10-16(22)3-2-6-20(11-16)14-8-17-4-5-18-14/h4-5,7-9,22H,2-3,6,10-11H2,1H3,(H,19,21)/t16-/m1/s1. The Morgan fingerprint density at radius 3 is 3.09 bits per heavy atom. The minimum absolute atomic E-state index is 0.131. The average Bonchev–Trinajstić information content (AvgIpc) is 3.00. The molecule has 1 fully saturated rings. The number of hydrogen-bond acceptors (Lipinski definition) is 6. The van der Waals surface area contributed by atoms with Gasteiger partial charge < -0.3 is 15.3 Å². The minimum Gasteiger partial charge on any atom is -0.386 e. The molecule has 0 spiro atoms. The molecule has 0 radical (unpaired) electrons. The lowest BCUT2D eigenvalue weighted by Crippen LogP contribution is -2.54. The molecule has 3 heterocycles. The molecular weight excluding hydrogens is 312 g/mol. The third kappa shape index (κ3) is 3.86. The summed E-state index contributed by atoms with van der Waals surface area (Å²) in [6, 6.07) is 1.86. The maximum atomic E-state index is 12.1. The van der Waals surface area contributed by atoms with Crippen molar-refractivity contribution in [2.24, 2.45) is 0 Å². The van der Waals surface area contributed by atoms with E-state index < -0.39 is 5.60 Å². The SMILES string of the molecule is Cc1csc(C(=O)NC[C@]2(O)CCCN(c3cnccn3)C2)c1. The van der Waals surface area contributed by atoms with Gasteiger partial charge in [-0.1, -0.05) is 0 Å². The van der Waals surface area contributed by atoms with Gasteiger partial charge >= 0.3 is 0 Å². The first-order valence-electron chi connectivity index (χ1n) is 7.62. The van der Waals surface area contributed by atoms with Crippen molar-refractivity contribution in [3.8, 4) is 0 Å². The van der Waals surface area contributed by atoms with Gasteiger partial charge in [-0.15, -0.1) is 11.3 Å². The van der Waals surface area contributed by atoms with Gasteiger partial charge in [0.15, 0.2) is 0 Å². The number of amides is 1. The van der Waals surface area contributed by atoms with Crippen molar-refractivity contribution in [2.45, 2.75) is 25.4 Å². The second kappa shape index (κ2) is 6.64. The number of carbonyl (C=O) groups excluding carboxylic acids is 1. The Bertz CT molecular complexity index is 676. The number of piperidine rings is 1. The van der Waals surface area contributed by atoms with Crippen molar-refractivity contribution in [2.75, 3.05) is 24.5 Å². The van der Waals surface area contributed by atoms with E-state index in [2.05, 4.69) is 15.3 Å². The van der Waals surface area contributed by atoms with Crippen molar-refractivity contribution in [1.29, 1.82) is 0 Å². The number of aryl methyl sites for hydroxylation is 1. The lowest BCUT2D eigenvalue weighted by atomic mass is 9.92. The lowest BCUT2D eigenvalue weighted by molar-refractivity contribution is 0.0255. The first-order valence-corrected chi connectivity index (χ1v) is 8.50. The highest BCUT2D eigenvalue weighted by atomic mass is 32.1. The van der Waals surface area contributed by atoms with E-state index in [1.165, 1.54) is 11.3 Å². The summed E-state index contributed by atoms with van der Waals surface area (Å²) in [7, 11) is 0. The monoisotopic (exact) mass is 332 g/mol. The Labute approximate surface area is 139 Å². The third-order valence-electron chi connectivity index (χ3n) is 3.96. The van der Waals surface area contributed by atoms with Gasteiger partial charge in [0.1, 0.15) is 5.82 Å². The number of carbonyl (C=O) groups is 1. The molecule has 122 valence electrons. The Balaban J connectivity index is 1.61. The zero-order valence-electron chi connectivity index (χ0n) is 13.0. The van der Waals surface area contributed by atoms with E-state index in [4.69, 9.17) is 0 Å². The second-order valence-electron chi connectivity index (χ2n) is 5.98. The molecule has 0 unspecified atom stereocenters. The maximum Gasteiger partial charge on any atom is 0.261 e. The number of anilines is 1. The van der Waals surface area contributed by atoms with Crippen LogP contribution in [-0.4, -0.2) is 46.2 Å². The fourth-order valence-electron chi connectivity index (χ4n) is 2.79. The zero-order valence-corrected chi connectivity index (χ0v) is 13.8. The summed E-state index contributed by atoms with van der Waals surface area (Å²) in [6.45, 7) is 3.47. The van der Waals surface area contributed by atoms with Gasteiger partial charge in [-0.05, 0) is 36.8 Å². The summed E-state index contributed by atoms with van der Waals surface area (Å²) in [6.07, 6.45) is 6.47. The summed E-state index contributed by atoms with van der Waals surface area (Å²) in [5.74, 6) is 0.624. The molecule has 6 nitrogen and oxygen atoms in total. The van der Waals surface area contributed by atoms with Gasteiger partial charge in [0.25, 0.3) is 5.91 Å². The second-order valence-corrected chi connectivity index (χ2v) is 6.90. The largest absolute Gasteiger partial charge is 0.386 e. The third-order valence-corrected chi connectivity index (χ3v) is 5.01. The number of aromatic nitrogens is 2. The molecule has 1 saturated heterocycles. The molecular formula is C16H20N4O2S. The Kier molecular flexibility index (Phi) is 4.58. The highest BCUT2D eigenvalue weighted by Crippen LogP contribution is 2.24. The van der Waals surface area contributed by atoms with Crippen molar-refractivity contribution >= 4 is 23.1 Å². The smallest absolute Gasteiger partial charge is 0.261 e. The van der Waals surface area contributed by atoms with Gasteiger partial charge in [-0.25, -0.2) is 4.98 Å². The van der Waals surface area contributed by atoms with Gasteiger partial charge in [0, 0.05) is 32.0 Å². The van der Waals surface area contributed by atoms with Crippen LogP contribution in [0.25, 0.3) is 0 Å². The highest BCUT2D eigenvalue weighted by Gasteiger charge is 2.34. The summed E-state index contributed by atoms with van der Waals surface area (Å²) in [5.41, 5.74) is 0.128. The Hall–Kier alpha value is -1.99. The highest BCUT2D eigenvalue weighted by molar-refractivity contribution is 7.12. The fourth-order valence-corrected chi connectivity index (χ4v) is 3.60. The number of nitrogens with zero attached hydrogens (tertiary/aromatic N) is 3. The van der Waals surface area contributed by atoms with Crippen molar-refractivity contribution < 1.29 is 9.90 Å². The van der Waals surface area contributed by atoms with Crippen molar-refractivity contribution in [3.63, 3.8) is 0 Å². The van der Waals surface area contributed by atoms with Crippen LogP contribution in [0.4, 0.5) is 5.82 Å². The van der Waals surface area contributed by atoms with Gasteiger partial charge in [-0.2, -0.15) is 0 Å². The summed E-state index contributed by atoms with van der Waals surface area (Å²) < 4.78 is 0. The van der Waals surface area contributed by atoms with Gasteiger partial charge in [0.2, 0.25) is 0 Å². The molecule has 2 aromatic rings. The van der Waals surface area contributed by atoms with E-state index in [1.54, 1.807) is 18.6 Å². The number of β-amino-alcohol motifs (C(OH)–C–C–N with tert-alkyl or cyclic N) is 1. The molecule has 7 heteroatoms. The van der Waals surface area contributed by atoms with Crippen LogP contribution in [0, 0.1) is 6.92 Å². The predicted molar refractivity (Wildman–Crippen MR) is 89.8 cm³/mol. The molecule has 2 N–H and O–H groups in total. The van der Waals surface area contributed by atoms with Crippen molar-refractivity contribution in [3.05, 3.63) is 40.5 Å². The minimum atomic E-state index is -0.947. The van der Waals surface area contributed by atoms with E-state index in [1.807, 2.05) is 23.3 Å². The number of nitrogens with one attached hydrogen (secondary N) is 1. The molecule has 0 aliphatic carbocycles. The average molecular weight is 332 g/mol. The maximum absolute atomic E-state index is 12.1. The quantitative estimate of drug-likeness (QED) is 0.889. The normalized spacial score (nSPS) is 21.2. The molecule has 23 heavy (non-hydrogen) atoms. The predicted octanol–water partition coefficient (Wildman–Crippen LogP) is 1.61. The summed E-state index contributed by atoms with van der Waals surface area (Å²) in [5, 5.41) is 15.6. The molecule has 3 rings (SSSR count). The zero-order chi connectivity index (χ0) is 16.3. The first-order chi connectivity index (χ1) is 11.1. The molecule has 2 aromatic heterocycles. The molecule has 0 saturated carbocycles. The van der Waals surface area contributed by atoms with Crippen LogP contribution in [0.5, 0.6) is 0 Å².